The first-order valence-corrected chi connectivity index (χ1v) is 21.1. The van der Waals surface area contributed by atoms with Crippen LogP contribution in [0, 0.1) is 17.6 Å². The molecule has 2 aromatic carbocycles. The molecule has 5 aliphatic rings. The lowest BCUT2D eigenvalue weighted by atomic mass is 9.85. The summed E-state index contributed by atoms with van der Waals surface area (Å²) in [5, 5.41) is 12.0. The fourth-order valence-electron chi connectivity index (χ4n) is 9.43. The fourth-order valence-corrected chi connectivity index (χ4v) is 9.43. The zero-order valence-electron chi connectivity index (χ0n) is 32.9. The van der Waals surface area contributed by atoms with Gasteiger partial charge in [0.15, 0.2) is 5.82 Å². The number of carbonyl (C=O) groups excluding carboxylic acids is 3. The molecule has 3 atom stereocenters. The van der Waals surface area contributed by atoms with E-state index >= 15 is 8.78 Å². The summed E-state index contributed by atoms with van der Waals surface area (Å²) in [5.41, 5.74) is 2.84. The topological polar surface area (TPSA) is 135 Å². The number of carbonyl (C=O) groups is 3. The van der Waals surface area contributed by atoms with Crippen LogP contribution >= 0.6 is 0 Å². The summed E-state index contributed by atoms with van der Waals surface area (Å²) in [6.07, 6.45) is 9.26. The van der Waals surface area contributed by atoms with Crippen LogP contribution in [0.2, 0.25) is 0 Å². The van der Waals surface area contributed by atoms with Crippen molar-refractivity contribution in [1.82, 2.24) is 25.5 Å². The van der Waals surface area contributed by atoms with Crippen LogP contribution in [0.15, 0.2) is 48.7 Å². The van der Waals surface area contributed by atoms with E-state index in [-0.39, 0.29) is 54.5 Å². The van der Waals surface area contributed by atoms with Gasteiger partial charge < -0.3 is 25.8 Å². The number of halogens is 3. The lowest BCUT2D eigenvalue weighted by Gasteiger charge is -2.44. The van der Waals surface area contributed by atoms with Crippen LogP contribution in [0.1, 0.15) is 77.0 Å². The molecule has 1 aromatic heterocycles. The normalized spacial score (nSPS) is 26.2. The quantitative estimate of drug-likeness (QED) is 0.187. The molecule has 0 bridgehead atoms. The number of amides is 3. The second kappa shape index (κ2) is 17.9. The van der Waals surface area contributed by atoms with Gasteiger partial charge in [0.1, 0.15) is 23.7 Å². The SMILES string of the molecule is O=C1CCC(Nc2ccc(N3CCC(N4CCC(NC(=O)[C@H]5CC[C@H](Nc6ncc(F)c(-c7cccc(N8CCCCC8)c7)n6)CC5)CC4)C(F)C3)c(F)c2)C(=O)N1. The maximum Gasteiger partial charge on any atom is 0.249 e. The standard InChI is InChI=1S/C43H54F3N9O3/c44-33-24-31(48-36-12-14-39(56)51-42(36)58)11-13-37(33)55-22-17-38(35(46)26-55)54-20-15-30(16-21-54)49-41(57)27-7-9-29(10-8-27)50-43-47-25-34(45)40(52-43)28-5-4-6-32(23-28)53-18-2-1-3-19-53/h4-6,11,13,23-25,27,29-30,35-36,38,48H,1-3,7-10,12,14-22,26H2,(H,49,57)(H,47,50,52)(H,51,56,58)/t27-,29-,35?,36?,38?. The molecule has 15 heteroatoms. The smallest absolute Gasteiger partial charge is 0.249 e. The van der Waals surface area contributed by atoms with Gasteiger partial charge in [-0.1, -0.05) is 12.1 Å². The predicted octanol–water partition coefficient (Wildman–Crippen LogP) is 5.80. The van der Waals surface area contributed by atoms with Gasteiger partial charge in [0.25, 0.3) is 0 Å². The third-order valence-electron chi connectivity index (χ3n) is 12.7. The van der Waals surface area contributed by atoms with Gasteiger partial charge in [0.2, 0.25) is 23.7 Å². The number of nitrogens with one attached hydrogen (secondary N) is 4. The van der Waals surface area contributed by atoms with Crippen molar-refractivity contribution in [1.29, 1.82) is 0 Å². The highest BCUT2D eigenvalue weighted by Gasteiger charge is 2.37. The molecule has 0 spiro atoms. The summed E-state index contributed by atoms with van der Waals surface area (Å²) in [5.74, 6) is -1.32. The molecule has 3 aromatic rings. The number of imide groups is 1. The summed E-state index contributed by atoms with van der Waals surface area (Å²) >= 11 is 0. The number of benzene rings is 2. The number of rotatable bonds is 10. The van der Waals surface area contributed by atoms with Crippen molar-refractivity contribution in [3.63, 3.8) is 0 Å². The maximum atomic E-state index is 15.7. The highest BCUT2D eigenvalue weighted by molar-refractivity contribution is 6.01. The van der Waals surface area contributed by atoms with E-state index in [4.69, 9.17) is 0 Å². The summed E-state index contributed by atoms with van der Waals surface area (Å²) in [7, 11) is 0. The Hall–Kier alpha value is -4.92. The van der Waals surface area contributed by atoms with Gasteiger partial charge in [-0.05, 0) is 101 Å². The molecule has 3 amide bonds. The number of aromatic nitrogens is 2. The molecule has 4 saturated heterocycles. The number of likely N-dealkylation sites (tertiary alicyclic amines) is 1. The van der Waals surface area contributed by atoms with Crippen molar-refractivity contribution in [2.45, 2.75) is 107 Å². The van der Waals surface area contributed by atoms with Gasteiger partial charge in [-0.3, -0.25) is 24.6 Å². The molecular weight excluding hydrogens is 748 g/mol. The zero-order chi connectivity index (χ0) is 40.2. The first-order valence-electron chi connectivity index (χ1n) is 21.1. The van der Waals surface area contributed by atoms with Crippen LogP contribution in [0.5, 0.6) is 0 Å². The van der Waals surface area contributed by atoms with Crippen LogP contribution in [0.25, 0.3) is 11.3 Å². The second-order valence-corrected chi connectivity index (χ2v) is 16.6. The van der Waals surface area contributed by atoms with E-state index in [1.54, 1.807) is 17.0 Å². The minimum atomic E-state index is -1.16. The molecular formula is C43H54F3N9O3. The number of alkyl halides is 1. The Kier molecular flexibility index (Phi) is 12.3. The number of hydrogen-bond donors (Lipinski definition) is 4. The summed E-state index contributed by atoms with van der Waals surface area (Å²) in [4.78, 5) is 52.0. The van der Waals surface area contributed by atoms with Gasteiger partial charge in [-0.15, -0.1) is 0 Å². The van der Waals surface area contributed by atoms with E-state index in [9.17, 15) is 18.8 Å². The summed E-state index contributed by atoms with van der Waals surface area (Å²) < 4.78 is 45.9. The van der Waals surface area contributed by atoms with Crippen LogP contribution in [0.4, 0.5) is 36.2 Å². The molecule has 4 aliphatic heterocycles. The van der Waals surface area contributed by atoms with Crippen molar-refractivity contribution in [3.8, 4) is 11.3 Å². The number of piperidine rings is 4. The Labute approximate surface area is 337 Å². The molecule has 310 valence electrons. The second-order valence-electron chi connectivity index (χ2n) is 16.6. The van der Waals surface area contributed by atoms with Gasteiger partial charge in [-0.25, -0.2) is 23.1 Å². The maximum absolute atomic E-state index is 15.7. The predicted molar refractivity (Wildman–Crippen MR) is 217 cm³/mol. The van der Waals surface area contributed by atoms with E-state index in [1.807, 2.05) is 18.2 Å². The minimum Gasteiger partial charge on any atom is -0.374 e. The molecule has 0 radical (unpaired) electrons. The lowest BCUT2D eigenvalue weighted by Crippen LogP contribution is -2.56. The number of nitrogens with zero attached hydrogens (tertiary/aromatic N) is 5. The fraction of sp³-hybridized carbons (Fsp3) is 0.558. The van der Waals surface area contributed by atoms with Gasteiger partial charge in [0, 0.05) is 80.1 Å². The van der Waals surface area contributed by atoms with E-state index in [1.165, 1.54) is 18.7 Å². The van der Waals surface area contributed by atoms with Gasteiger partial charge in [0.05, 0.1) is 18.4 Å². The Bertz CT molecular complexity index is 1950. The zero-order valence-corrected chi connectivity index (χ0v) is 32.9. The van der Waals surface area contributed by atoms with Crippen LogP contribution < -0.4 is 31.1 Å². The average molecular weight is 802 g/mol. The Morgan fingerprint density at radius 1 is 0.793 bits per heavy atom. The Balaban J connectivity index is 0.763. The first-order chi connectivity index (χ1) is 28.2. The van der Waals surface area contributed by atoms with E-state index in [0.717, 1.165) is 75.7 Å². The van der Waals surface area contributed by atoms with E-state index < -0.39 is 29.8 Å². The van der Waals surface area contributed by atoms with Gasteiger partial charge >= 0.3 is 0 Å². The molecule has 58 heavy (non-hydrogen) atoms. The third-order valence-corrected chi connectivity index (χ3v) is 12.7. The average Bonchev–Trinajstić information content (AvgIpc) is 3.23. The van der Waals surface area contributed by atoms with Crippen molar-refractivity contribution in [3.05, 3.63) is 60.3 Å². The minimum absolute atomic E-state index is 0.0404. The molecule has 4 N–H and O–H groups in total. The summed E-state index contributed by atoms with van der Waals surface area (Å²) in [6.45, 7) is 3.97. The van der Waals surface area contributed by atoms with E-state index in [2.05, 4.69) is 47.1 Å². The molecule has 3 unspecified atom stereocenters. The first kappa shape index (κ1) is 39.9. The molecule has 5 fully saturated rings. The van der Waals surface area contributed by atoms with Crippen LogP contribution in [-0.2, 0) is 14.4 Å². The van der Waals surface area contributed by atoms with Crippen LogP contribution in [-0.4, -0.2) is 102 Å². The molecule has 12 nitrogen and oxygen atoms in total. The molecule has 5 heterocycles. The molecule has 8 rings (SSSR count). The van der Waals surface area contributed by atoms with Crippen molar-refractivity contribution in [2.24, 2.45) is 5.92 Å². The highest BCUT2D eigenvalue weighted by Crippen LogP contribution is 2.32. The van der Waals surface area contributed by atoms with Crippen molar-refractivity contribution >= 4 is 40.7 Å². The summed E-state index contributed by atoms with van der Waals surface area (Å²) in [6, 6.07) is 11.8. The lowest BCUT2D eigenvalue weighted by molar-refractivity contribution is -0.133. The number of hydrogen-bond acceptors (Lipinski definition) is 10. The Morgan fingerprint density at radius 2 is 1.59 bits per heavy atom. The van der Waals surface area contributed by atoms with Crippen molar-refractivity contribution in [2.75, 3.05) is 59.7 Å². The van der Waals surface area contributed by atoms with Crippen LogP contribution in [0.3, 0.4) is 0 Å². The Morgan fingerprint density at radius 3 is 2.33 bits per heavy atom. The molecule has 1 saturated carbocycles. The highest BCUT2D eigenvalue weighted by atomic mass is 19.1. The molecule has 1 aliphatic carbocycles. The largest absolute Gasteiger partial charge is 0.374 e. The monoisotopic (exact) mass is 801 g/mol. The van der Waals surface area contributed by atoms with Crippen molar-refractivity contribution < 1.29 is 27.6 Å². The number of anilines is 4. The third kappa shape index (κ3) is 9.35. The van der Waals surface area contributed by atoms with Gasteiger partial charge in [-0.2, -0.15) is 0 Å². The van der Waals surface area contributed by atoms with E-state index in [0.29, 0.717) is 49.8 Å².